The zero-order valence-corrected chi connectivity index (χ0v) is 13.3. The maximum Gasteiger partial charge on any atom is 0.369 e. The summed E-state index contributed by atoms with van der Waals surface area (Å²) in [6.45, 7) is 12.0. The Bertz CT molecular complexity index is 493. The van der Waals surface area contributed by atoms with Crippen molar-refractivity contribution in [2.75, 3.05) is 0 Å². The number of phenolic OH excluding ortho intramolecular Hbond substituents is 1. The van der Waals surface area contributed by atoms with Crippen molar-refractivity contribution in [2.24, 2.45) is 0 Å². The Kier molecular flexibility index (Phi) is 4.25. The minimum absolute atomic E-state index is 0.187. The van der Waals surface area contributed by atoms with Crippen molar-refractivity contribution in [3.63, 3.8) is 0 Å². The Hall–Kier alpha value is -1.16. The summed E-state index contributed by atoms with van der Waals surface area (Å²) in [6, 6.07) is 3.51. The minimum atomic E-state index is -0.687. The summed E-state index contributed by atoms with van der Waals surface area (Å²) >= 11 is 3.63. The van der Waals surface area contributed by atoms with Gasteiger partial charge in [-0.1, -0.05) is 60.2 Å². The summed E-state index contributed by atoms with van der Waals surface area (Å²) in [7, 11) is 0. The van der Waals surface area contributed by atoms with Crippen molar-refractivity contribution < 1.29 is 14.6 Å². The van der Waals surface area contributed by atoms with E-state index < -0.39 is 5.30 Å². The van der Waals surface area contributed by atoms with Gasteiger partial charge in [0.1, 0.15) is 11.5 Å². The number of rotatable bonds is 1. The molecule has 1 aromatic carbocycles. The zero-order valence-electron chi connectivity index (χ0n) is 12.4. The molecule has 106 valence electrons. The second-order valence-electron chi connectivity index (χ2n) is 6.70. The molecule has 0 saturated carbocycles. The van der Waals surface area contributed by atoms with Gasteiger partial charge in [-0.25, -0.2) is 4.79 Å². The smallest absolute Gasteiger partial charge is 0.369 e. The highest BCUT2D eigenvalue weighted by Crippen LogP contribution is 2.44. The van der Waals surface area contributed by atoms with E-state index in [9.17, 15) is 9.90 Å². The number of benzene rings is 1. The van der Waals surface area contributed by atoms with Gasteiger partial charge in [0.15, 0.2) is 0 Å². The Morgan fingerprint density at radius 1 is 1.11 bits per heavy atom. The summed E-state index contributed by atoms with van der Waals surface area (Å²) in [5.74, 6) is 0.546. The summed E-state index contributed by atoms with van der Waals surface area (Å²) in [6.07, 6.45) is 0. The Labute approximate surface area is 120 Å². The molecule has 0 aliphatic carbocycles. The van der Waals surface area contributed by atoms with Crippen LogP contribution in [0.25, 0.3) is 0 Å². The molecule has 0 amide bonds. The number of hydrogen-bond acceptors (Lipinski definition) is 3. The fourth-order valence-corrected chi connectivity index (χ4v) is 2.18. The van der Waals surface area contributed by atoms with Crippen LogP contribution in [-0.4, -0.2) is 10.4 Å². The van der Waals surface area contributed by atoms with Crippen LogP contribution in [0.2, 0.25) is 0 Å². The van der Waals surface area contributed by atoms with E-state index in [1.807, 2.05) is 41.5 Å². The highest BCUT2D eigenvalue weighted by atomic mass is 32.1. The molecule has 0 atom stereocenters. The van der Waals surface area contributed by atoms with Crippen molar-refractivity contribution in [3.8, 4) is 11.5 Å². The number of carbonyl (C=O) groups excluding carboxylic acids is 1. The van der Waals surface area contributed by atoms with Crippen molar-refractivity contribution in [3.05, 3.63) is 23.3 Å². The fraction of sp³-hybridized carbons (Fsp3) is 0.533. The SMILES string of the molecule is CC(C)(C)c1ccc(OC(=O)S)c(C(C)(C)C)c1O. The van der Waals surface area contributed by atoms with Gasteiger partial charge in [-0.2, -0.15) is 0 Å². The van der Waals surface area contributed by atoms with Crippen LogP contribution in [0.1, 0.15) is 52.7 Å². The predicted octanol–water partition coefficient (Wildman–Crippen LogP) is 4.42. The number of hydrogen-bond donors (Lipinski definition) is 2. The average Bonchev–Trinajstić information content (AvgIpc) is 2.11. The Balaban J connectivity index is 3.55. The van der Waals surface area contributed by atoms with E-state index in [0.29, 0.717) is 11.3 Å². The molecule has 19 heavy (non-hydrogen) atoms. The molecule has 1 aromatic rings. The normalized spacial score (nSPS) is 12.4. The molecule has 0 radical (unpaired) electrons. The number of thiol groups is 1. The molecule has 0 aliphatic rings. The van der Waals surface area contributed by atoms with E-state index in [1.165, 1.54) is 0 Å². The van der Waals surface area contributed by atoms with Gasteiger partial charge < -0.3 is 9.84 Å². The number of ether oxygens (including phenoxy) is 1. The van der Waals surface area contributed by atoms with Gasteiger partial charge in [-0.15, -0.1) is 0 Å². The van der Waals surface area contributed by atoms with Gasteiger partial charge in [-0.3, -0.25) is 0 Å². The van der Waals surface area contributed by atoms with Crippen LogP contribution in [0.15, 0.2) is 12.1 Å². The summed E-state index contributed by atoms with van der Waals surface area (Å²) in [5.41, 5.74) is 0.927. The molecule has 0 aromatic heterocycles. The summed E-state index contributed by atoms with van der Waals surface area (Å²) < 4.78 is 5.09. The van der Waals surface area contributed by atoms with Crippen LogP contribution in [0.3, 0.4) is 0 Å². The second-order valence-corrected chi connectivity index (χ2v) is 7.07. The fourth-order valence-electron chi connectivity index (χ4n) is 2.08. The third kappa shape index (κ3) is 3.66. The van der Waals surface area contributed by atoms with E-state index in [4.69, 9.17) is 4.74 Å². The van der Waals surface area contributed by atoms with E-state index in [-0.39, 0.29) is 16.6 Å². The zero-order chi connectivity index (χ0) is 15.0. The third-order valence-corrected chi connectivity index (χ3v) is 2.99. The highest BCUT2D eigenvalue weighted by molar-refractivity contribution is 7.96. The average molecular weight is 282 g/mol. The lowest BCUT2D eigenvalue weighted by Crippen LogP contribution is -2.18. The molecule has 3 nitrogen and oxygen atoms in total. The molecule has 0 fully saturated rings. The monoisotopic (exact) mass is 282 g/mol. The van der Waals surface area contributed by atoms with Gasteiger partial charge in [0.2, 0.25) is 0 Å². The van der Waals surface area contributed by atoms with E-state index in [0.717, 1.165) is 5.56 Å². The van der Waals surface area contributed by atoms with Crippen LogP contribution >= 0.6 is 12.6 Å². The van der Waals surface area contributed by atoms with Crippen LogP contribution < -0.4 is 4.74 Å². The highest BCUT2D eigenvalue weighted by Gasteiger charge is 2.29. The summed E-state index contributed by atoms with van der Waals surface area (Å²) in [4.78, 5) is 11.0. The summed E-state index contributed by atoms with van der Waals surface area (Å²) in [5, 5.41) is 9.85. The Morgan fingerprint density at radius 2 is 1.63 bits per heavy atom. The molecule has 0 saturated heterocycles. The van der Waals surface area contributed by atoms with Gasteiger partial charge in [0, 0.05) is 5.56 Å². The number of carbonyl (C=O) groups is 1. The van der Waals surface area contributed by atoms with Gasteiger partial charge in [0.05, 0.1) is 0 Å². The van der Waals surface area contributed by atoms with Crippen LogP contribution in [0.5, 0.6) is 11.5 Å². The minimum Gasteiger partial charge on any atom is -0.507 e. The molecule has 0 heterocycles. The molecule has 1 N–H and O–H groups in total. The Morgan fingerprint density at radius 3 is 2.00 bits per heavy atom. The number of phenols is 1. The lowest BCUT2D eigenvalue weighted by molar-refractivity contribution is 0.226. The first-order chi connectivity index (χ1) is 8.44. The van der Waals surface area contributed by atoms with Crippen LogP contribution in [-0.2, 0) is 10.8 Å². The quantitative estimate of drug-likeness (QED) is 0.592. The van der Waals surface area contributed by atoms with E-state index in [1.54, 1.807) is 12.1 Å². The van der Waals surface area contributed by atoms with Crippen molar-refractivity contribution in [1.82, 2.24) is 0 Å². The van der Waals surface area contributed by atoms with Crippen molar-refractivity contribution in [2.45, 2.75) is 52.4 Å². The van der Waals surface area contributed by atoms with E-state index >= 15 is 0 Å². The van der Waals surface area contributed by atoms with E-state index in [2.05, 4.69) is 12.6 Å². The predicted molar refractivity (Wildman–Crippen MR) is 80.5 cm³/mol. The number of aromatic hydroxyl groups is 1. The largest absolute Gasteiger partial charge is 0.507 e. The lowest BCUT2D eigenvalue weighted by Gasteiger charge is -2.28. The molecule has 0 bridgehead atoms. The topological polar surface area (TPSA) is 46.5 Å². The lowest BCUT2D eigenvalue weighted by atomic mass is 9.79. The van der Waals surface area contributed by atoms with Crippen molar-refractivity contribution >= 4 is 17.9 Å². The maximum absolute atomic E-state index is 11.0. The first-order valence-electron chi connectivity index (χ1n) is 6.22. The molecular formula is C15H22O3S. The van der Waals surface area contributed by atoms with Gasteiger partial charge >= 0.3 is 5.30 Å². The maximum atomic E-state index is 11.0. The molecular weight excluding hydrogens is 260 g/mol. The first-order valence-corrected chi connectivity index (χ1v) is 6.67. The first kappa shape index (κ1) is 15.9. The third-order valence-electron chi connectivity index (χ3n) is 2.89. The molecule has 1 rings (SSSR count). The molecule has 4 heteroatoms. The second kappa shape index (κ2) is 5.08. The van der Waals surface area contributed by atoms with Gasteiger partial charge in [-0.05, 0) is 22.5 Å². The van der Waals surface area contributed by atoms with Gasteiger partial charge in [0.25, 0.3) is 0 Å². The molecule has 0 aliphatic heterocycles. The van der Waals surface area contributed by atoms with Crippen LogP contribution in [0.4, 0.5) is 4.79 Å². The van der Waals surface area contributed by atoms with Crippen LogP contribution in [0, 0.1) is 0 Å². The molecule has 0 unspecified atom stereocenters. The molecule has 0 spiro atoms. The standard InChI is InChI=1S/C15H22O3S/c1-14(2,3)9-7-8-10(18-13(17)19)11(12(9)16)15(4,5)6/h7-8,16H,1-6H3,(H,17,19). The van der Waals surface area contributed by atoms with Crippen molar-refractivity contribution in [1.29, 1.82) is 0 Å².